The number of amides is 2. The molecule has 1 aliphatic rings. The van der Waals surface area contributed by atoms with E-state index in [4.69, 9.17) is 4.74 Å². The lowest BCUT2D eigenvalue weighted by Gasteiger charge is -2.41. The van der Waals surface area contributed by atoms with Crippen LogP contribution in [0.1, 0.15) is 13.8 Å². The van der Waals surface area contributed by atoms with Crippen molar-refractivity contribution >= 4 is 28.9 Å². The van der Waals surface area contributed by atoms with Crippen LogP contribution in [0.4, 0.5) is 17.1 Å². The third-order valence-corrected chi connectivity index (χ3v) is 4.15. The van der Waals surface area contributed by atoms with Gasteiger partial charge in [-0.3, -0.25) is 24.6 Å². The van der Waals surface area contributed by atoms with Crippen LogP contribution in [0.25, 0.3) is 0 Å². The van der Waals surface area contributed by atoms with Crippen LogP contribution in [-0.4, -0.2) is 28.9 Å². The molecule has 1 aliphatic heterocycles. The number of nitro benzene ring substituents is 1. The fourth-order valence-electron chi connectivity index (χ4n) is 2.79. The number of ether oxygens (including phenoxy) is 1. The van der Waals surface area contributed by atoms with Gasteiger partial charge in [0.15, 0.2) is 6.61 Å². The first-order valence-electron chi connectivity index (χ1n) is 7.91. The van der Waals surface area contributed by atoms with Gasteiger partial charge in [-0.15, -0.1) is 0 Å². The fraction of sp³-hybridized carbons (Fsp3) is 0.222. The summed E-state index contributed by atoms with van der Waals surface area (Å²) in [7, 11) is 0. The number of carbonyl (C=O) groups is 2. The maximum absolute atomic E-state index is 12.8. The lowest BCUT2D eigenvalue weighted by molar-refractivity contribution is -0.384. The quantitative estimate of drug-likeness (QED) is 0.671. The standard InChI is InChI=1S/C18H17N3O5/c1-18(2)17(23)19-14-8-3-4-9-15(14)20(18)16(22)11-26-13-7-5-6-12(10-13)21(24)25/h3-10H,11H2,1-2H3,(H,19,23). The van der Waals surface area contributed by atoms with Crippen LogP contribution in [-0.2, 0) is 9.59 Å². The second-order valence-electron chi connectivity index (χ2n) is 6.30. The van der Waals surface area contributed by atoms with Crippen molar-refractivity contribution in [3.8, 4) is 5.75 Å². The van der Waals surface area contributed by atoms with Gasteiger partial charge in [-0.25, -0.2) is 0 Å². The summed E-state index contributed by atoms with van der Waals surface area (Å²) in [6, 6.07) is 12.6. The summed E-state index contributed by atoms with van der Waals surface area (Å²) in [5, 5.41) is 13.6. The van der Waals surface area contributed by atoms with Gasteiger partial charge < -0.3 is 10.1 Å². The number of fused-ring (bicyclic) bond motifs is 1. The molecule has 0 aliphatic carbocycles. The molecule has 2 amide bonds. The van der Waals surface area contributed by atoms with Crippen LogP contribution >= 0.6 is 0 Å². The van der Waals surface area contributed by atoms with E-state index >= 15 is 0 Å². The maximum atomic E-state index is 12.8. The molecule has 26 heavy (non-hydrogen) atoms. The highest BCUT2D eigenvalue weighted by Gasteiger charge is 2.43. The van der Waals surface area contributed by atoms with Gasteiger partial charge in [0, 0.05) is 6.07 Å². The van der Waals surface area contributed by atoms with Gasteiger partial charge in [0.05, 0.1) is 22.4 Å². The Morgan fingerprint density at radius 2 is 1.96 bits per heavy atom. The normalized spacial score (nSPS) is 15.0. The molecule has 134 valence electrons. The van der Waals surface area contributed by atoms with E-state index in [2.05, 4.69) is 5.32 Å². The Labute approximate surface area is 149 Å². The monoisotopic (exact) mass is 355 g/mol. The van der Waals surface area contributed by atoms with Crippen molar-refractivity contribution in [3.63, 3.8) is 0 Å². The molecular formula is C18H17N3O5. The molecule has 1 heterocycles. The Bertz CT molecular complexity index is 894. The first-order chi connectivity index (χ1) is 12.3. The molecule has 0 atom stereocenters. The molecule has 3 rings (SSSR count). The lowest BCUT2D eigenvalue weighted by atomic mass is 9.96. The summed E-state index contributed by atoms with van der Waals surface area (Å²) in [5.41, 5.74) is -0.111. The predicted molar refractivity (Wildman–Crippen MR) is 95.2 cm³/mol. The van der Waals surface area contributed by atoms with Crippen molar-refractivity contribution in [2.45, 2.75) is 19.4 Å². The van der Waals surface area contributed by atoms with Gasteiger partial charge in [0.1, 0.15) is 11.3 Å². The summed E-state index contributed by atoms with van der Waals surface area (Å²) >= 11 is 0. The number of carbonyl (C=O) groups excluding carboxylic acids is 2. The maximum Gasteiger partial charge on any atom is 0.273 e. The molecular weight excluding hydrogens is 338 g/mol. The largest absolute Gasteiger partial charge is 0.483 e. The van der Waals surface area contributed by atoms with E-state index in [0.717, 1.165) is 0 Å². The Hall–Kier alpha value is -3.42. The van der Waals surface area contributed by atoms with Gasteiger partial charge in [-0.1, -0.05) is 18.2 Å². The molecule has 0 saturated heterocycles. The molecule has 0 bridgehead atoms. The van der Waals surface area contributed by atoms with E-state index in [9.17, 15) is 19.7 Å². The number of benzene rings is 2. The zero-order chi connectivity index (χ0) is 18.9. The van der Waals surface area contributed by atoms with E-state index in [-0.39, 0.29) is 24.0 Å². The zero-order valence-electron chi connectivity index (χ0n) is 14.3. The first kappa shape index (κ1) is 17.4. The second kappa shape index (κ2) is 6.47. The van der Waals surface area contributed by atoms with Crippen molar-refractivity contribution in [3.05, 3.63) is 58.6 Å². The van der Waals surface area contributed by atoms with Gasteiger partial charge >= 0.3 is 0 Å². The van der Waals surface area contributed by atoms with Crippen molar-refractivity contribution in [1.82, 2.24) is 0 Å². The van der Waals surface area contributed by atoms with E-state index in [1.807, 2.05) is 0 Å². The van der Waals surface area contributed by atoms with Crippen molar-refractivity contribution < 1.29 is 19.2 Å². The Morgan fingerprint density at radius 1 is 1.23 bits per heavy atom. The molecule has 8 heteroatoms. The summed E-state index contributed by atoms with van der Waals surface area (Å²) in [6.07, 6.45) is 0. The molecule has 0 unspecified atom stereocenters. The molecule has 2 aromatic carbocycles. The highest BCUT2D eigenvalue weighted by atomic mass is 16.6. The molecule has 0 aromatic heterocycles. The number of hydrogen-bond acceptors (Lipinski definition) is 5. The van der Waals surface area contributed by atoms with Gasteiger partial charge in [0.2, 0.25) is 5.91 Å². The second-order valence-corrected chi connectivity index (χ2v) is 6.30. The molecule has 0 radical (unpaired) electrons. The Balaban J connectivity index is 1.83. The third kappa shape index (κ3) is 3.08. The average Bonchev–Trinajstić information content (AvgIpc) is 2.61. The number of nitrogens with zero attached hydrogens (tertiary/aromatic N) is 2. The molecule has 1 N–H and O–H groups in total. The SMILES string of the molecule is CC1(C)C(=O)Nc2ccccc2N1C(=O)COc1cccc([N+](=O)[O-])c1. The van der Waals surface area contributed by atoms with E-state index in [1.165, 1.54) is 29.2 Å². The minimum absolute atomic E-state index is 0.127. The van der Waals surface area contributed by atoms with Crippen molar-refractivity contribution in [2.24, 2.45) is 0 Å². The molecule has 0 fully saturated rings. The van der Waals surface area contributed by atoms with Crippen LogP contribution in [0.5, 0.6) is 5.75 Å². The van der Waals surface area contributed by atoms with E-state index in [1.54, 1.807) is 38.1 Å². The molecule has 8 nitrogen and oxygen atoms in total. The minimum atomic E-state index is -1.10. The third-order valence-electron chi connectivity index (χ3n) is 4.15. The number of rotatable bonds is 4. The number of nitro groups is 1. The van der Waals surface area contributed by atoms with Crippen LogP contribution in [0.2, 0.25) is 0 Å². The molecule has 2 aromatic rings. The van der Waals surface area contributed by atoms with Crippen molar-refractivity contribution in [1.29, 1.82) is 0 Å². The van der Waals surface area contributed by atoms with Crippen LogP contribution in [0.3, 0.4) is 0 Å². The van der Waals surface area contributed by atoms with Crippen LogP contribution in [0, 0.1) is 10.1 Å². The number of hydrogen-bond donors (Lipinski definition) is 1. The molecule has 0 spiro atoms. The van der Waals surface area contributed by atoms with Crippen molar-refractivity contribution in [2.75, 3.05) is 16.8 Å². The van der Waals surface area contributed by atoms with E-state index in [0.29, 0.717) is 11.4 Å². The Morgan fingerprint density at radius 3 is 2.69 bits per heavy atom. The fourth-order valence-corrected chi connectivity index (χ4v) is 2.79. The topological polar surface area (TPSA) is 102 Å². The highest BCUT2D eigenvalue weighted by Crippen LogP contribution is 2.36. The van der Waals surface area contributed by atoms with Gasteiger partial charge in [-0.05, 0) is 32.0 Å². The van der Waals surface area contributed by atoms with Crippen LogP contribution < -0.4 is 15.0 Å². The lowest BCUT2D eigenvalue weighted by Crippen LogP contribution is -2.59. The summed E-state index contributed by atoms with van der Waals surface area (Å²) < 4.78 is 5.43. The number of para-hydroxylation sites is 2. The van der Waals surface area contributed by atoms with Gasteiger partial charge in [-0.2, -0.15) is 0 Å². The summed E-state index contributed by atoms with van der Waals surface area (Å²) in [5.74, 6) is -0.524. The van der Waals surface area contributed by atoms with Crippen LogP contribution in [0.15, 0.2) is 48.5 Å². The van der Waals surface area contributed by atoms with Gasteiger partial charge in [0.25, 0.3) is 11.6 Å². The summed E-state index contributed by atoms with van der Waals surface area (Å²) in [4.78, 5) is 36.8. The average molecular weight is 355 g/mol. The highest BCUT2D eigenvalue weighted by molar-refractivity contribution is 6.14. The van der Waals surface area contributed by atoms with E-state index < -0.39 is 16.4 Å². The predicted octanol–water partition coefficient (Wildman–Crippen LogP) is 2.74. The molecule has 0 saturated carbocycles. The summed E-state index contributed by atoms with van der Waals surface area (Å²) in [6.45, 7) is 2.93. The number of anilines is 2. The first-order valence-corrected chi connectivity index (χ1v) is 7.91. The minimum Gasteiger partial charge on any atom is -0.483 e. The smallest absolute Gasteiger partial charge is 0.273 e. The number of non-ortho nitro benzene ring substituents is 1. The number of nitrogens with one attached hydrogen (secondary N) is 1. The Kier molecular flexibility index (Phi) is 4.33. The zero-order valence-corrected chi connectivity index (χ0v) is 14.3.